The zero-order chi connectivity index (χ0) is 17.1. The fourth-order valence-corrected chi connectivity index (χ4v) is 3.71. The number of hydrogen-bond acceptors (Lipinski definition) is 4. The van der Waals surface area contributed by atoms with E-state index < -0.39 is 5.97 Å². The zero-order valence-corrected chi connectivity index (χ0v) is 14.5. The van der Waals surface area contributed by atoms with Crippen molar-refractivity contribution in [3.05, 3.63) is 40.4 Å². The van der Waals surface area contributed by atoms with Crippen molar-refractivity contribution < 1.29 is 14.7 Å². The number of benzene rings is 1. The van der Waals surface area contributed by atoms with Gasteiger partial charge in [0.1, 0.15) is 5.01 Å². The van der Waals surface area contributed by atoms with Gasteiger partial charge in [-0.25, -0.2) is 4.98 Å². The first kappa shape index (κ1) is 16.9. The van der Waals surface area contributed by atoms with E-state index in [-0.39, 0.29) is 18.2 Å². The summed E-state index contributed by atoms with van der Waals surface area (Å²) in [5.41, 5.74) is 1.72. The van der Waals surface area contributed by atoms with E-state index in [1.54, 1.807) is 4.90 Å². The maximum absolute atomic E-state index is 12.4. The molecule has 1 aromatic carbocycles. The Kier molecular flexibility index (Phi) is 5.16. The minimum absolute atomic E-state index is 0.00629. The topological polar surface area (TPSA) is 70.5 Å². The van der Waals surface area contributed by atoms with E-state index in [9.17, 15) is 9.59 Å². The Bertz CT molecular complexity index is 737. The normalized spacial score (nSPS) is 15.5. The van der Waals surface area contributed by atoms with Crippen LogP contribution >= 0.6 is 22.9 Å². The molecule has 1 aromatic heterocycles. The first-order chi connectivity index (χ1) is 11.5. The van der Waals surface area contributed by atoms with Gasteiger partial charge in [-0.05, 0) is 25.0 Å². The van der Waals surface area contributed by atoms with Crippen molar-refractivity contribution >= 4 is 34.8 Å². The third-order valence-corrected chi connectivity index (χ3v) is 5.36. The van der Waals surface area contributed by atoms with Crippen molar-refractivity contribution in [2.45, 2.75) is 19.3 Å². The van der Waals surface area contributed by atoms with Crippen LogP contribution in [0.5, 0.6) is 0 Å². The third-order valence-electron chi connectivity index (χ3n) is 4.17. The number of rotatable bonds is 4. The lowest BCUT2D eigenvalue weighted by Crippen LogP contribution is -2.41. The highest BCUT2D eigenvalue weighted by Gasteiger charge is 2.27. The molecular weight excluding hydrogens is 348 g/mol. The van der Waals surface area contributed by atoms with Crippen LogP contribution in [0.4, 0.5) is 0 Å². The predicted octanol–water partition coefficient (Wildman–Crippen LogP) is 3.33. The number of carboxylic acid groups (broad SMARTS) is 1. The summed E-state index contributed by atoms with van der Waals surface area (Å²) in [5.74, 6) is -1.09. The van der Waals surface area contributed by atoms with Crippen molar-refractivity contribution in [1.82, 2.24) is 9.88 Å². The molecular formula is C17H17ClN2O3S. The molecule has 126 valence electrons. The fraction of sp³-hybridized carbons (Fsp3) is 0.353. The van der Waals surface area contributed by atoms with Crippen LogP contribution in [0.25, 0.3) is 10.6 Å². The van der Waals surface area contributed by atoms with Crippen LogP contribution in [-0.2, 0) is 16.0 Å². The lowest BCUT2D eigenvalue weighted by atomic mass is 9.97. The molecule has 7 heteroatoms. The Morgan fingerprint density at radius 1 is 1.25 bits per heavy atom. The molecule has 1 aliphatic rings. The van der Waals surface area contributed by atoms with Gasteiger partial charge in [0, 0.05) is 29.1 Å². The van der Waals surface area contributed by atoms with Crippen molar-refractivity contribution in [3.8, 4) is 10.6 Å². The highest BCUT2D eigenvalue weighted by molar-refractivity contribution is 7.13. The van der Waals surface area contributed by atoms with Gasteiger partial charge in [-0.2, -0.15) is 0 Å². The van der Waals surface area contributed by atoms with Crippen molar-refractivity contribution in [2.75, 3.05) is 13.1 Å². The molecule has 0 spiro atoms. The maximum Gasteiger partial charge on any atom is 0.306 e. The number of thiazole rings is 1. The summed E-state index contributed by atoms with van der Waals surface area (Å²) in [6.45, 7) is 1.01. The number of aliphatic carboxylic acids is 1. The van der Waals surface area contributed by atoms with E-state index in [1.165, 1.54) is 11.3 Å². The molecule has 1 fully saturated rings. The number of likely N-dealkylation sites (tertiary alicyclic amines) is 1. The number of piperidine rings is 1. The van der Waals surface area contributed by atoms with Gasteiger partial charge in [0.25, 0.3) is 0 Å². The fourth-order valence-electron chi connectivity index (χ4n) is 2.76. The van der Waals surface area contributed by atoms with Crippen LogP contribution in [0.15, 0.2) is 29.6 Å². The maximum atomic E-state index is 12.4. The lowest BCUT2D eigenvalue weighted by molar-refractivity contribution is -0.145. The molecule has 1 N–H and O–H groups in total. The van der Waals surface area contributed by atoms with Crippen LogP contribution < -0.4 is 0 Å². The van der Waals surface area contributed by atoms with Gasteiger partial charge in [0.05, 0.1) is 18.0 Å². The van der Waals surface area contributed by atoms with Gasteiger partial charge in [0.15, 0.2) is 0 Å². The van der Waals surface area contributed by atoms with Crippen LogP contribution in [0.3, 0.4) is 0 Å². The predicted molar refractivity (Wildman–Crippen MR) is 93.2 cm³/mol. The molecule has 0 aliphatic carbocycles. The average Bonchev–Trinajstić information content (AvgIpc) is 3.04. The Morgan fingerprint density at radius 2 is 1.92 bits per heavy atom. The largest absolute Gasteiger partial charge is 0.481 e. The van der Waals surface area contributed by atoms with Gasteiger partial charge in [-0.3, -0.25) is 9.59 Å². The van der Waals surface area contributed by atoms with Crippen molar-refractivity contribution in [1.29, 1.82) is 0 Å². The first-order valence-corrected chi connectivity index (χ1v) is 8.99. The van der Waals surface area contributed by atoms with E-state index in [1.807, 2.05) is 29.6 Å². The van der Waals surface area contributed by atoms with Gasteiger partial charge >= 0.3 is 5.97 Å². The molecule has 0 saturated carbocycles. The van der Waals surface area contributed by atoms with E-state index in [0.29, 0.717) is 31.0 Å². The zero-order valence-electron chi connectivity index (χ0n) is 12.9. The molecule has 1 aliphatic heterocycles. The molecule has 2 aromatic rings. The second kappa shape index (κ2) is 7.32. The molecule has 2 heterocycles. The summed E-state index contributed by atoms with van der Waals surface area (Å²) in [4.78, 5) is 29.6. The van der Waals surface area contributed by atoms with Gasteiger partial charge in [-0.15, -0.1) is 11.3 Å². The summed E-state index contributed by atoms with van der Waals surface area (Å²) in [6.07, 6.45) is 1.30. The highest BCUT2D eigenvalue weighted by atomic mass is 35.5. The van der Waals surface area contributed by atoms with E-state index in [4.69, 9.17) is 16.7 Å². The summed E-state index contributed by atoms with van der Waals surface area (Å²) in [6, 6.07) is 7.44. The number of carbonyl (C=O) groups is 2. The number of halogens is 1. The smallest absolute Gasteiger partial charge is 0.306 e. The summed E-state index contributed by atoms with van der Waals surface area (Å²) in [5, 5.41) is 12.4. The van der Waals surface area contributed by atoms with Crippen LogP contribution in [0, 0.1) is 5.92 Å². The van der Waals surface area contributed by atoms with Crippen LogP contribution in [0.2, 0.25) is 5.02 Å². The second-order valence-corrected chi connectivity index (χ2v) is 7.12. The summed E-state index contributed by atoms with van der Waals surface area (Å²) in [7, 11) is 0. The molecule has 3 rings (SSSR count). The first-order valence-electron chi connectivity index (χ1n) is 7.74. The molecule has 0 radical (unpaired) electrons. The molecule has 1 amide bonds. The van der Waals surface area contributed by atoms with Gasteiger partial charge in [-0.1, -0.05) is 23.7 Å². The average molecular weight is 365 g/mol. The Morgan fingerprint density at radius 3 is 2.54 bits per heavy atom. The quantitative estimate of drug-likeness (QED) is 0.903. The minimum atomic E-state index is -0.769. The second-order valence-electron chi connectivity index (χ2n) is 5.82. The van der Waals surface area contributed by atoms with E-state index in [0.717, 1.165) is 16.3 Å². The number of carboxylic acids is 1. The lowest BCUT2D eigenvalue weighted by Gasteiger charge is -2.30. The standard InChI is InChI=1S/C17H17ClN2O3S/c18-13-3-1-11(2-4-13)16-19-14(10-24-16)9-15(21)20-7-5-12(6-8-20)17(22)23/h1-4,10,12H,5-9H2,(H,22,23). The summed E-state index contributed by atoms with van der Waals surface area (Å²) >= 11 is 7.38. The van der Waals surface area contributed by atoms with E-state index in [2.05, 4.69) is 4.98 Å². The molecule has 0 bridgehead atoms. The highest BCUT2D eigenvalue weighted by Crippen LogP contribution is 2.26. The summed E-state index contributed by atoms with van der Waals surface area (Å²) < 4.78 is 0. The number of amides is 1. The molecule has 5 nitrogen and oxygen atoms in total. The molecule has 0 unspecified atom stereocenters. The van der Waals surface area contributed by atoms with Crippen LogP contribution in [-0.4, -0.2) is 40.0 Å². The Hall–Kier alpha value is -1.92. The number of nitrogens with zero attached hydrogens (tertiary/aromatic N) is 2. The molecule has 1 saturated heterocycles. The Labute approximate surface area is 148 Å². The number of carbonyl (C=O) groups excluding carboxylic acids is 1. The van der Waals surface area contributed by atoms with E-state index >= 15 is 0 Å². The monoisotopic (exact) mass is 364 g/mol. The number of aromatic nitrogens is 1. The van der Waals surface area contributed by atoms with Crippen LogP contribution in [0.1, 0.15) is 18.5 Å². The third kappa shape index (κ3) is 3.94. The van der Waals surface area contributed by atoms with Crippen molar-refractivity contribution in [2.24, 2.45) is 5.92 Å². The minimum Gasteiger partial charge on any atom is -0.481 e. The Balaban J connectivity index is 1.59. The van der Waals surface area contributed by atoms with Crippen molar-refractivity contribution in [3.63, 3.8) is 0 Å². The van der Waals surface area contributed by atoms with Gasteiger partial charge in [0.2, 0.25) is 5.91 Å². The molecule has 24 heavy (non-hydrogen) atoms. The SMILES string of the molecule is O=C(O)C1CCN(C(=O)Cc2csc(-c3ccc(Cl)cc3)n2)CC1. The molecule has 0 atom stereocenters. The van der Waals surface area contributed by atoms with Gasteiger partial charge < -0.3 is 10.0 Å². The number of hydrogen-bond donors (Lipinski definition) is 1.